The SMILES string of the molecule is CCCNC(=O)Nc1ccc2c(c1O)C(O)=C1C(=O)[C@]3(O)C(O)=C(C(N)=O)C(=O)[C@@H](N(C)C)C3C(O)C1[C@H]2C. The molecule has 1 aromatic carbocycles. The van der Waals surface area contributed by atoms with Crippen molar-refractivity contribution in [2.75, 3.05) is 26.0 Å². The van der Waals surface area contributed by atoms with Gasteiger partial charge in [-0.05, 0) is 38.1 Å². The average molecular weight is 545 g/mol. The van der Waals surface area contributed by atoms with Crippen LogP contribution in [0.15, 0.2) is 29.0 Å². The second-order valence-electron chi connectivity index (χ2n) is 10.4. The molecule has 0 bridgehead atoms. The number of nitrogens with zero attached hydrogens (tertiary/aromatic N) is 1. The van der Waals surface area contributed by atoms with E-state index in [0.717, 1.165) is 0 Å². The lowest BCUT2D eigenvalue weighted by Crippen LogP contribution is -2.70. The maximum absolute atomic E-state index is 14.0. The lowest BCUT2D eigenvalue weighted by atomic mass is 9.54. The third-order valence-corrected chi connectivity index (χ3v) is 7.91. The first-order chi connectivity index (χ1) is 18.2. The minimum absolute atomic E-state index is 0.0739. The van der Waals surface area contributed by atoms with Crippen LogP contribution in [-0.4, -0.2) is 92.3 Å². The fraction of sp³-hybridized carbons (Fsp3) is 0.462. The largest absolute Gasteiger partial charge is 0.508 e. The number of aliphatic hydroxyl groups excluding tert-OH is 3. The van der Waals surface area contributed by atoms with Gasteiger partial charge in [0.15, 0.2) is 11.4 Å². The molecule has 0 heterocycles. The van der Waals surface area contributed by atoms with E-state index in [1.807, 2.05) is 6.92 Å². The van der Waals surface area contributed by atoms with Crippen molar-refractivity contribution >= 4 is 35.0 Å². The van der Waals surface area contributed by atoms with E-state index in [1.165, 1.54) is 31.1 Å². The number of fused-ring (bicyclic) bond motifs is 3. The number of ketones is 2. The summed E-state index contributed by atoms with van der Waals surface area (Å²) in [6, 6.07) is 0.879. The maximum Gasteiger partial charge on any atom is 0.319 e. The molecule has 13 nitrogen and oxygen atoms in total. The Morgan fingerprint density at radius 2 is 1.79 bits per heavy atom. The van der Waals surface area contributed by atoms with Gasteiger partial charge in [-0.15, -0.1) is 0 Å². The van der Waals surface area contributed by atoms with Crippen molar-refractivity contribution in [3.63, 3.8) is 0 Å². The number of rotatable bonds is 5. The van der Waals surface area contributed by atoms with Gasteiger partial charge in [0.05, 0.1) is 29.3 Å². The molecule has 0 spiro atoms. The Balaban J connectivity index is 1.94. The van der Waals surface area contributed by atoms with Crippen LogP contribution < -0.4 is 16.4 Å². The molecule has 3 aliphatic rings. The maximum atomic E-state index is 14.0. The van der Waals surface area contributed by atoms with Crippen molar-refractivity contribution in [1.82, 2.24) is 10.2 Å². The summed E-state index contributed by atoms with van der Waals surface area (Å²) in [7, 11) is 2.87. The van der Waals surface area contributed by atoms with E-state index in [2.05, 4.69) is 10.6 Å². The second-order valence-corrected chi connectivity index (χ2v) is 10.4. The van der Waals surface area contributed by atoms with Gasteiger partial charge < -0.3 is 41.9 Å². The molecule has 3 unspecified atom stereocenters. The summed E-state index contributed by atoms with van der Waals surface area (Å²) in [4.78, 5) is 52.7. The molecule has 0 aliphatic heterocycles. The number of urea groups is 1. The topological polar surface area (TPSA) is 223 Å². The number of Topliss-reactive ketones (excluding diaryl/α,β-unsaturated/α-hetero) is 2. The van der Waals surface area contributed by atoms with Gasteiger partial charge in [0, 0.05) is 18.0 Å². The Hall–Kier alpha value is -3.94. The van der Waals surface area contributed by atoms with Crippen molar-refractivity contribution in [1.29, 1.82) is 0 Å². The van der Waals surface area contributed by atoms with Crippen LogP contribution in [0.3, 0.4) is 0 Å². The number of aliphatic hydroxyl groups is 4. The molecule has 39 heavy (non-hydrogen) atoms. The minimum atomic E-state index is -2.99. The van der Waals surface area contributed by atoms with Gasteiger partial charge in [0.1, 0.15) is 22.8 Å². The number of hydrogen-bond acceptors (Lipinski definition) is 10. The standard InChI is InChI=1S/C26H32N4O9/c1-5-8-28-25(38)29-11-7-6-10-9(2)12-14(19(32)13(10)18(11)31)22(35)26(39)16(20(12)33)17(30(3)4)21(34)15(23(26)36)24(27)37/h6-7,9,12,16-17,20,31-33,36,39H,5,8H2,1-4H3,(H2,27,37)(H2,28,29,38)/t9-,12?,16?,17-,20?,26-/m0/s1. The first kappa shape index (κ1) is 28.1. The zero-order valence-corrected chi connectivity index (χ0v) is 21.8. The number of phenolic OH excluding ortho intramolecular Hbond substituents is 1. The number of nitrogens with two attached hydrogens (primary N) is 1. The first-order valence-corrected chi connectivity index (χ1v) is 12.4. The number of carbonyl (C=O) groups excluding carboxylic acids is 4. The molecule has 3 aliphatic carbocycles. The van der Waals surface area contributed by atoms with Crippen LogP contribution in [0.4, 0.5) is 10.5 Å². The highest BCUT2D eigenvalue weighted by molar-refractivity contribution is 6.24. The minimum Gasteiger partial charge on any atom is -0.508 e. The van der Waals surface area contributed by atoms with Crippen molar-refractivity contribution in [2.24, 2.45) is 17.6 Å². The van der Waals surface area contributed by atoms with E-state index in [-0.39, 0.29) is 11.3 Å². The quantitative estimate of drug-likeness (QED) is 0.183. The molecular weight excluding hydrogens is 512 g/mol. The molecule has 3 amide bonds. The number of aromatic hydroxyl groups is 1. The highest BCUT2D eigenvalue weighted by atomic mass is 16.4. The number of phenols is 1. The molecule has 9 N–H and O–H groups in total. The number of primary amides is 1. The Kier molecular flexibility index (Phi) is 6.96. The van der Waals surface area contributed by atoms with Gasteiger partial charge in [0.2, 0.25) is 5.78 Å². The van der Waals surface area contributed by atoms with Crippen molar-refractivity contribution in [2.45, 2.75) is 43.9 Å². The third-order valence-electron chi connectivity index (χ3n) is 7.91. The predicted octanol–water partition coefficient (Wildman–Crippen LogP) is 0.0273. The van der Waals surface area contributed by atoms with E-state index in [1.54, 1.807) is 6.92 Å². The van der Waals surface area contributed by atoms with Gasteiger partial charge >= 0.3 is 6.03 Å². The van der Waals surface area contributed by atoms with Crippen LogP contribution >= 0.6 is 0 Å². The monoisotopic (exact) mass is 544 g/mol. The second kappa shape index (κ2) is 9.67. The van der Waals surface area contributed by atoms with Gasteiger partial charge in [0.25, 0.3) is 5.91 Å². The van der Waals surface area contributed by atoms with Crippen LogP contribution in [0.2, 0.25) is 0 Å². The van der Waals surface area contributed by atoms with Crippen LogP contribution in [0, 0.1) is 11.8 Å². The molecule has 4 rings (SSSR count). The van der Waals surface area contributed by atoms with Crippen LogP contribution in [0.1, 0.15) is 37.3 Å². The summed E-state index contributed by atoms with van der Waals surface area (Å²) in [6.07, 6.45) is -1.01. The molecule has 6 atom stereocenters. The third kappa shape index (κ3) is 3.87. The number of hydrogen-bond donors (Lipinski definition) is 8. The number of likely N-dealkylation sites (N-methyl/N-ethyl adjacent to an activating group) is 1. The molecule has 210 valence electrons. The molecule has 1 fully saturated rings. The number of anilines is 1. The molecule has 1 saturated carbocycles. The van der Waals surface area contributed by atoms with Crippen molar-refractivity contribution in [3.8, 4) is 5.75 Å². The van der Waals surface area contributed by atoms with Crippen LogP contribution in [0.25, 0.3) is 5.76 Å². The molecular formula is C26H32N4O9. The highest BCUT2D eigenvalue weighted by Crippen LogP contribution is 2.56. The highest BCUT2D eigenvalue weighted by Gasteiger charge is 2.68. The molecule has 13 heteroatoms. The molecule has 0 saturated heterocycles. The lowest BCUT2D eigenvalue weighted by molar-refractivity contribution is -0.169. The van der Waals surface area contributed by atoms with Crippen molar-refractivity contribution in [3.05, 3.63) is 40.2 Å². The number of nitrogens with one attached hydrogen (secondary N) is 2. The normalized spacial score (nSPS) is 30.1. The summed E-state index contributed by atoms with van der Waals surface area (Å²) >= 11 is 0. The predicted molar refractivity (Wildman–Crippen MR) is 138 cm³/mol. The van der Waals surface area contributed by atoms with E-state index >= 15 is 0 Å². The molecule has 0 radical (unpaired) electrons. The Labute approximate surface area is 223 Å². The molecule has 0 aromatic heterocycles. The van der Waals surface area contributed by atoms with Gasteiger partial charge in [-0.3, -0.25) is 19.3 Å². The smallest absolute Gasteiger partial charge is 0.319 e. The summed E-state index contributed by atoms with van der Waals surface area (Å²) in [5, 5.41) is 61.6. The van der Waals surface area contributed by atoms with Gasteiger partial charge in [-0.25, -0.2) is 4.79 Å². The molecule has 1 aromatic rings. The fourth-order valence-corrected chi connectivity index (χ4v) is 6.12. The number of amides is 3. The number of benzene rings is 1. The summed E-state index contributed by atoms with van der Waals surface area (Å²) in [5.74, 6) is -9.80. The first-order valence-electron chi connectivity index (χ1n) is 12.4. The zero-order valence-electron chi connectivity index (χ0n) is 21.8. The zero-order chi connectivity index (χ0) is 29.1. The number of carbonyl (C=O) groups is 4. The van der Waals surface area contributed by atoms with Crippen molar-refractivity contribution < 1.29 is 44.7 Å². The lowest BCUT2D eigenvalue weighted by Gasteiger charge is -2.53. The Morgan fingerprint density at radius 3 is 2.36 bits per heavy atom. The fourth-order valence-electron chi connectivity index (χ4n) is 6.12. The van der Waals surface area contributed by atoms with Gasteiger partial charge in [-0.2, -0.15) is 0 Å². The summed E-state index contributed by atoms with van der Waals surface area (Å²) in [5.41, 5.74) is 0.872. The average Bonchev–Trinajstić information content (AvgIpc) is 2.85. The van der Waals surface area contributed by atoms with Gasteiger partial charge in [-0.1, -0.05) is 19.9 Å². The van der Waals surface area contributed by atoms with Crippen LogP contribution in [-0.2, 0) is 14.4 Å². The van der Waals surface area contributed by atoms with Crippen LogP contribution in [0.5, 0.6) is 5.75 Å². The van der Waals surface area contributed by atoms with E-state index in [9.17, 15) is 44.7 Å². The van der Waals surface area contributed by atoms with E-state index in [0.29, 0.717) is 18.5 Å². The summed E-state index contributed by atoms with van der Waals surface area (Å²) < 4.78 is 0. The Morgan fingerprint density at radius 1 is 1.15 bits per heavy atom. The summed E-state index contributed by atoms with van der Waals surface area (Å²) in [6.45, 7) is 3.85. The van der Waals surface area contributed by atoms with E-state index < -0.39 is 87.4 Å². The Bertz CT molecular complexity index is 1350. The van der Waals surface area contributed by atoms with E-state index in [4.69, 9.17) is 5.73 Å².